The predicted octanol–water partition coefficient (Wildman–Crippen LogP) is 4.88. The quantitative estimate of drug-likeness (QED) is 0.527. The SMILES string of the molecule is CC(=O)O[C@@H]1CC[C@@]2(C)[C@H](CC[C@@H]3[C@@H]2CC[C@]24C=CC[C@@H](O)[C@H]2CC[C@@H]34)C1. The number of allylic oxidation sites excluding steroid dienone is 1. The number of rotatable bonds is 1. The number of hydrogen-bond donors (Lipinski definition) is 1. The highest BCUT2D eigenvalue weighted by atomic mass is 16.5. The molecule has 150 valence electrons. The van der Waals surface area contributed by atoms with Crippen molar-refractivity contribution in [3.05, 3.63) is 12.2 Å². The van der Waals surface area contributed by atoms with Gasteiger partial charge in [0.25, 0.3) is 0 Å². The van der Waals surface area contributed by atoms with Crippen molar-refractivity contribution in [3.63, 3.8) is 0 Å². The van der Waals surface area contributed by atoms with E-state index in [1.54, 1.807) is 6.92 Å². The molecule has 27 heavy (non-hydrogen) atoms. The van der Waals surface area contributed by atoms with Crippen molar-refractivity contribution in [2.24, 2.45) is 40.4 Å². The first kappa shape index (κ1) is 18.2. The molecule has 3 nitrogen and oxygen atoms in total. The summed E-state index contributed by atoms with van der Waals surface area (Å²) in [5.74, 6) is 3.57. The van der Waals surface area contributed by atoms with Gasteiger partial charge in [-0.15, -0.1) is 0 Å². The minimum atomic E-state index is -0.114. The zero-order chi connectivity index (χ0) is 18.8. The third-order valence-electron chi connectivity index (χ3n) is 9.87. The molecule has 5 aliphatic carbocycles. The van der Waals surface area contributed by atoms with Crippen LogP contribution >= 0.6 is 0 Å². The third-order valence-corrected chi connectivity index (χ3v) is 9.87. The highest BCUT2D eigenvalue weighted by molar-refractivity contribution is 5.66. The van der Waals surface area contributed by atoms with Crippen LogP contribution in [0.4, 0.5) is 0 Å². The summed E-state index contributed by atoms with van der Waals surface area (Å²) < 4.78 is 5.60. The molecule has 0 aromatic rings. The lowest BCUT2D eigenvalue weighted by Gasteiger charge is -2.61. The molecular weight excluding hydrogens is 336 g/mol. The van der Waals surface area contributed by atoms with Crippen LogP contribution in [0.5, 0.6) is 0 Å². The molecule has 0 aromatic carbocycles. The van der Waals surface area contributed by atoms with Gasteiger partial charge in [-0.05, 0) is 105 Å². The number of ether oxygens (including phenoxy) is 1. The zero-order valence-electron chi connectivity index (χ0n) is 17.0. The predicted molar refractivity (Wildman–Crippen MR) is 105 cm³/mol. The van der Waals surface area contributed by atoms with Crippen LogP contribution in [0.1, 0.15) is 78.1 Å². The smallest absolute Gasteiger partial charge is 0.302 e. The number of fused-ring (bicyclic) bond motifs is 4. The molecular formula is C24H36O3. The molecule has 5 aliphatic rings. The van der Waals surface area contributed by atoms with Crippen molar-refractivity contribution in [1.82, 2.24) is 0 Å². The van der Waals surface area contributed by atoms with Gasteiger partial charge in [0, 0.05) is 6.92 Å². The second kappa shape index (κ2) is 6.34. The zero-order valence-corrected chi connectivity index (χ0v) is 17.0. The van der Waals surface area contributed by atoms with Gasteiger partial charge in [0.05, 0.1) is 6.10 Å². The number of carbonyl (C=O) groups excluding carboxylic acids is 1. The molecule has 5 rings (SSSR count). The Morgan fingerprint density at radius 1 is 1.04 bits per heavy atom. The number of hydrogen-bond acceptors (Lipinski definition) is 3. The Kier molecular flexibility index (Phi) is 4.28. The normalized spacial score (nSPS) is 53.7. The van der Waals surface area contributed by atoms with E-state index in [1.165, 1.54) is 44.9 Å². The van der Waals surface area contributed by atoms with Crippen molar-refractivity contribution < 1.29 is 14.6 Å². The first-order valence-corrected chi connectivity index (χ1v) is 11.5. The summed E-state index contributed by atoms with van der Waals surface area (Å²) in [6, 6.07) is 0. The van der Waals surface area contributed by atoms with E-state index >= 15 is 0 Å². The summed E-state index contributed by atoms with van der Waals surface area (Å²) in [5.41, 5.74) is 0.729. The lowest BCUT2D eigenvalue weighted by atomic mass is 9.44. The van der Waals surface area contributed by atoms with E-state index in [2.05, 4.69) is 19.1 Å². The minimum absolute atomic E-state index is 0.109. The number of esters is 1. The van der Waals surface area contributed by atoms with Gasteiger partial charge in [-0.3, -0.25) is 4.79 Å². The maximum atomic E-state index is 11.4. The second-order valence-corrected chi connectivity index (χ2v) is 10.7. The number of carbonyl (C=O) groups is 1. The molecule has 0 heterocycles. The molecule has 0 unspecified atom stereocenters. The van der Waals surface area contributed by atoms with E-state index in [4.69, 9.17) is 4.74 Å². The van der Waals surface area contributed by atoms with Crippen molar-refractivity contribution >= 4 is 5.97 Å². The molecule has 0 amide bonds. The van der Waals surface area contributed by atoms with Gasteiger partial charge in [-0.1, -0.05) is 19.1 Å². The van der Waals surface area contributed by atoms with E-state index in [0.29, 0.717) is 16.7 Å². The molecule has 1 N–H and O–H groups in total. The average Bonchev–Trinajstić information content (AvgIpc) is 3.03. The second-order valence-electron chi connectivity index (χ2n) is 10.7. The molecule has 4 fully saturated rings. The van der Waals surface area contributed by atoms with Crippen LogP contribution in [0.3, 0.4) is 0 Å². The van der Waals surface area contributed by atoms with E-state index in [1.807, 2.05) is 0 Å². The van der Waals surface area contributed by atoms with Crippen LogP contribution in [0.2, 0.25) is 0 Å². The Hall–Kier alpha value is -0.830. The fourth-order valence-corrected chi connectivity index (χ4v) is 8.80. The van der Waals surface area contributed by atoms with Crippen LogP contribution < -0.4 is 0 Å². The Bertz CT molecular complexity index is 642. The summed E-state index contributed by atoms with van der Waals surface area (Å²) in [7, 11) is 0. The Morgan fingerprint density at radius 3 is 2.67 bits per heavy atom. The molecule has 0 radical (unpaired) electrons. The summed E-state index contributed by atoms with van der Waals surface area (Å²) in [6.07, 6.45) is 16.9. The monoisotopic (exact) mass is 372 g/mol. The molecule has 3 heteroatoms. The van der Waals surface area contributed by atoms with Crippen LogP contribution in [0.15, 0.2) is 12.2 Å². The van der Waals surface area contributed by atoms with Gasteiger partial charge in [-0.25, -0.2) is 0 Å². The number of aliphatic hydroxyl groups is 1. The molecule has 0 aromatic heterocycles. The van der Waals surface area contributed by atoms with Gasteiger partial charge >= 0.3 is 5.97 Å². The summed E-state index contributed by atoms with van der Waals surface area (Å²) >= 11 is 0. The van der Waals surface area contributed by atoms with Crippen molar-refractivity contribution in [2.45, 2.75) is 90.3 Å². The molecule has 4 saturated carbocycles. The van der Waals surface area contributed by atoms with E-state index < -0.39 is 0 Å². The molecule has 0 bridgehead atoms. The number of aliphatic hydroxyl groups excluding tert-OH is 1. The average molecular weight is 373 g/mol. The van der Waals surface area contributed by atoms with Gasteiger partial charge in [0.1, 0.15) is 6.10 Å². The van der Waals surface area contributed by atoms with Gasteiger partial charge in [0.2, 0.25) is 0 Å². The molecule has 0 aliphatic heterocycles. The maximum Gasteiger partial charge on any atom is 0.302 e. The highest BCUT2D eigenvalue weighted by Crippen LogP contribution is 2.69. The topological polar surface area (TPSA) is 46.5 Å². The van der Waals surface area contributed by atoms with Crippen LogP contribution in [-0.4, -0.2) is 23.3 Å². The van der Waals surface area contributed by atoms with Gasteiger partial charge in [-0.2, -0.15) is 0 Å². The molecule has 0 saturated heterocycles. The van der Waals surface area contributed by atoms with E-state index in [0.717, 1.165) is 42.9 Å². The molecule has 9 atom stereocenters. The van der Waals surface area contributed by atoms with Crippen molar-refractivity contribution in [1.29, 1.82) is 0 Å². The van der Waals surface area contributed by atoms with Crippen LogP contribution in [0.25, 0.3) is 0 Å². The fourth-order valence-electron chi connectivity index (χ4n) is 8.80. The lowest BCUT2D eigenvalue weighted by molar-refractivity contribution is -0.160. The van der Waals surface area contributed by atoms with Crippen molar-refractivity contribution in [2.75, 3.05) is 0 Å². The first-order valence-electron chi connectivity index (χ1n) is 11.5. The van der Waals surface area contributed by atoms with Crippen LogP contribution in [0, 0.1) is 40.4 Å². The largest absolute Gasteiger partial charge is 0.463 e. The van der Waals surface area contributed by atoms with Crippen LogP contribution in [-0.2, 0) is 9.53 Å². The van der Waals surface area contributed by atoms with Crippen molar-refractivity contribution in [3.8, 4) is 0 Å². The fraction of sp³-hybridized carbons (Fsp3) is 0.875. The van der Waals surface area contributed by atoms with E-state index in [9.17, 15) is 9.90 Å². The Balaban J connectivity index is 1.39. The molecule has 1 spiro atoms. The third kappa shape index (κ3) is 2.59. The summed E-state index contributed by atoms with van der Waals surface area (Å²) in [5, 5.41) is 10.7. The van der Waals surface area contributed by atoms with Gasteiger partial charge in [0.15, 0.2) is 0 Å². The van der Waals surface area contributed by atoms with Gasteiger partial charge < -0.3 is 9.84 Å². The summed E-state index contributed by atoms with van der Waals surface area (Å²) in [6.45, 7) is 4.11. The standard InChI is InChI=1S/C24H36O3/c1-15(25)27-17-9-12-23(2)16(14-17)5-6-18-19(23)10-13-24-11-3-4-22(26)21(24)8-7-20(18)24/h3,11,16-22,26H,4-10,12-14H2,1-2H3/t16-,17-,18-,19+,20+,21-,22-,23+,24+/m1/s1. The lowest BCUT2D eigenvalue weighted by Crippen LogP contribution is -2.55. The first-order chi connectivity index (χ1) is 12.9. The highest BCUT2D eigenvalue weighted by Gasteiger charge is 2.62. The minimum Gasteiger partial charge on any atom is -0.463 e. The maximum absolute atomic E-state index is 11.4. The summed E-state index contributed by atoms with van der Waals surface area (Å²) in [4.78, 5) is 11.4. The van der Waals surface area contributed by atoms with E-state index in [-0.39, 0.29) is 18.2 Å². The Morgan fingerprint density at radius 2 is 1.85 bits per heavy atom. The Labute approximate surface area is 163 Å².